The van der Waals surface area contributed by atoms with Crippen molar-refractivity contribution >= 4 is 17.4 Å². The van der Waals surface area contributed by atoms with Crippen molar-refractivity contribution in [2.75, 3.05) is 18.8 Å². The van der Waals surface area contributed by atoms with Gasteiger partial charge in [0.05, 0.1) is 4.92 Å². The molecule has 0 atom stereocenters. The molecule has 0 aromatic carbocycles. The van der Waals surface area contributed by atoms with Crippen LogP contribution >= 0.6 is 0 Å². The number of rotatable bonds is 3. The van der Waals surface area contributed by atoms with Gasteiger partial charge in [-0.1, -0.05) is 13.8 Å². The summed E-state index contributed by atoms with van der Waals surface area (Å²) in [7, 11) is 0. The standard InChI is InChI=1S/C14H20N4O3/c1-9(2)10-3-5-17(6-4-10)14(19)11-7-13(15)16-8-12(11)18(20)21/h7-10H,3-6H2,1-2H3,(H2,15,16). The molecule has 21 heavy (non-hydrogen) atoms. The molecule has 0 unspecified atom stereocenters. The largest absolute Gasteiger partial charge is 0.384 e. The van der Waals surface area contributed by atoms with Gasteiger partial charge >= 0.3 is 0 Å². The van der Waals surface area contributed by atoms with Gasteiger partial charge in [-0.05, 0) is 30.7 Å². The third-order valence-electron chi connectivity index (χ3n) is 4.10. The van der Waals surface area contributed by atoms with Crippen LogP contribution in [0.2, 0.25) is 0 Å². The number of nitrogens with two attached hydrogens (primary N) is 1. The molecule has 7 heteroatoms. The highest BCUT2D eigenvalue weighted by Gasteiger charge is 2.29. The summed E-state index contributed by atoms with van der Waals surface area (Å²) in [5.74, 6) is 0.971. The molecule has 0 saturated carbocycles. The summed E-state index contributed by atoms with van der Waals surface area (Å²) in [6.07, 6.45) is 2.90. The van der Waals surface area contributed by atoms with Crippen LogP contribution in [0.4, 0.5) is 11.5 Å². The molecule has 1 aliphatic heterocycles. The second kappa shape index (κ2) is 6.07. The first kappa shape index (κ1) is 15.2. The first-order chi connectivity index (χ1) is 9.90. The van der Waals surface area contributed by atoms with Crippen LogP contribution in [0.25, 0.3) is 0 Å². The van der Waals surface area contributed by atoms with Gasteiger partial charge in [-0.2, -0.15) is 0 Å². The highest BCUT2D eigenvalue weighted by Crippen LogP contribution is 2.27. The third kappa shape index (κ3) is 3.29. The number of piperidine rings is 1. The van der Waals surface area contributed by atoms with Gasteiger partial charge in [0.15, 0.2) is 0 Å². The van der Waals surface area contributed by atoms with Gasteiger partial charge in [0, 0.05) is 13.1 Å². The molecule has 2 N–H and O–H groups in total. The Morgan fingerprint density at radius 3 is 2.62 bits per heavy atom. The molecule has 0 aliphatic carbocycles. The summed E-state index contributed by atoms with van der Waals surface area (Å²) in [5, 5.41) is 11.0. The number of carbonyl (C=O) groups is 1. The van der Waals surface area contributed by atoms with Gasteiger partial charge in [-0.15, -0.1) is 0 Å². The van der Waals surface area contributed by atoms with Crippen LogP contribution in [0.1, 0.15) is 37.0 Å². The second-order valence-electron chi connectivity index (χ2n) is 5.76. The maximum Gasteiger partial charge on any atom is 0.300 e. The Balaban J connectivity index is 2.18. The van der Waals surface area contributed by atoms with Crippen LogP contribution < -0.4 is 5.73 Å². The highest BCUT2D eigenvalue weighted by molar-refractivity contribution is 5.98. The molecule has 0 spiro atoms. The van der Waals surface area contributed by atoms with E-state index in [1.54, 1.807) is 4.90 Å². The molecule has 114 valence electrons. The first-order valence-corrected chi connectivity index (χ1v) is 7.09. The number of hydrogen-bond acceptors (Lipinski definition) is 5. The van der Waals surface area contributed by atoms with Gasteiger partial charge in [-0.3, -0.25) is 14.9 Å². The molecule has 0 bridgehead atoms. The fraction of sp³-hybridized carbons (Fsp3) is 0.571. The van der Waals surface area contributed by atoms with E-state index in [1.807, 2.05) is 0 Å². The number of anilines is 1. The smallest absolute Gasteiger partial charge is 0.300 e. The van der Waals surface area contributed by atoms with Crippen LogP contribution in [0.3, 0.4) is 0 Å². The van der Waals surface area contributed by atoms with Crippen molar-refractivity contribution in [3.8, 4) is 0 Å². The van der Waals surface area contributed by atoms with Crippen LogP contribution in [-0.2, 0) is 0 Å². The number of amides is 1. The molecular weight excluding hydrogens is 272 g/mol. The van der Waals surface area contributed by atoms with E-state index in [2.05, 4.69) is 18.8 Å². The SMILES string of the molecule is CC(C)C1CCN(C(=O)c2cc(N)ncc2[N+](=O)[O-])CC1. The van der Waals surface area contributed by atoms with E-state index in [1.165, 1.54) is 6.07 Å². The van der Waals surface area contributed by atoms with Crippen molar-refractivity contribution in [2.45, 2.75) is 26.7 Å². The zero-order valence-electron chi connectivity index (χ0n) is 12.3. The number of hydrogen-bond donors (Lipinski definition) is 1. The number of nitrogens with zero attached hydrogens (tertiary/aromatic N) is 3. The van der Waals surface area contributed by atoms with Crippen molar-refractivity contribution in [2.24, 2.45) is 11.8 Å². The maximum absolute atomic E-state index is 12.5. The third-order valence-corrected chi connectivity index (χ3v) is 4.10. The summed E-state index contributed by atoms with van der Waals surface area (Å²) < 4.78 is 0. The highest BCUT2D eigenvalue weighted by atomic mass is 16.6. The lowest BCUT2D eigenvalue weighted by Gasteiger charge is -2.33. The molecule has 1 aliphatic rings. The van der Waals surface area contributed by atoms with Crippen molar-refractivity contribution < 1.29 is 9.72 Å². The van der Waals surface area contributed by atoms with Crippen molar-refractivity contribution in [3.05, 3.63) is 27.9 Å². The van der Waals surface area contributed by atoms with E-state index in [4.69, 9.17) is 5.73 Å². The average Bonchev–Trinajstić information content (AvgIpc) is 2.46. The summed E-state index contributed by atoms with van der Waals surface area (Å²) >= 11 is 0. The topological polar surface area (TPSA) is 102 Å². The minimum Gasteiger partial charge on any atom is -0.384 e. The van der Waals surface area contributed by atoms with Crippen molar-refractivity contribution in [3.63, 3.8) is 0 Å². The molecule has 1 fully saturated rings. The van der Waals surface area contributed by atoms with E-state index >= 15 is 0 Å². The molecule has 1 saturated heterocycles. The number of carbonyl (C=O) groups excluding carboxylic acids is 1. The minimum absolute atomic E-state index is 0.0236. The van der Waals surface area contributed by atoms with Gasteiger partial charge < -0.3 is 10.6 Å². The summed E-state index contributed by atoms with van der Waals surface area (Å²) in [6, 6.07) is 1.29. The molecule has 0 radical (unpaired) electrons. The average molecular weight is 292 g/mol. The summed E-state index contributed by atoms with van der Waals surface area (Å²) in [5.41, 5.74) is 5.28. The van der Waals surface area contributed by atoms with Gasteiger partial charge in [0.1, 0.15) is 17.6 Å². The molecular formula is C14H20N4O3. The maximum atomic E-state index is 12.5. The predicted molar refractivity (Wildman–Crippen MR) is 78.8 cm³/mol. The van der Waals surface area contributed by atoms with E-state index in [9.17, 15) is 14.9 Å². The zero-order valence-corrected chi connectivity index (χ0v) is 12.3. The Bertz CT molecular complexity index is 551. The van der Waals surface area contributed by atoms with E-state index < -0.39 is 4.92 Å². The molecule has 1 amide bonds. The van der Waals surface area contributed by atoms with E-state index in [-0.39, 0.29) is 23.0 Å². The van der Waals surface area contributed by atoms with Crippen LogP contribution in [-0.4, -0.2) is 33.8 Å². The minimum atomic E-state index is -0.597. The molecule has 1 aromatic heterocycles. The number of nitrogen functional groups attached to an aromatic ring is 1. The predicted octanol–water partition coefficient (Wildman–Crippen LogP) is 2.08. The summed E-state index contributed by atoms with van der Waals surface area (Å²) in [4.78, 5) is 28.3. The quantitative estimate of drug-likeness (QED) is 0.678. The Kier molecular flexibility index (Phi) is 4.40. The monoisotopic (exact) mass is 292 g/mol. The van der Waals surface area contributed by atoms with Crippen LogP contribution in [0, 0.1) is 22.0 Å². The molecule has 7 nitrogen and oxygen atoms in total. The summed E-state index contributed by atoms with van der Waals surface area (Å²) in [6.45, 7) is 5.61. The number of pyridine rings is 1. The number of aromatic nitrogens is 1. The molecule has 2 rings (SSSR count). The Morgan fingerprint density at radius 1 is 1.48 bits per heavy atom. The van der Waals surface area contributed by atoms with Crippen LogP contribution in [0.15, 0.2) is 12.3 Å². The van der Waals surface area contributed by atoms with Crippen molar-refractivity contribution in [1.29, 1.82) is 0 Å². The fourth-order valence-corrected chi connectivity index (χ4v) is 2.72. The van der Waals surface area contributed by atoms with E-state index in [0.29, 0.717) is 24.9 Å². The van der Waals surface area contributed by atoms with E-state index in [0.717, 1.165) is 19.0 Å². The van der Waals surface area contributed by atoms with Gasteiger partial charge in [0.2, 0.25) is 0 Å². The second-order valence-corrected chi connectivity index (χ2v) is 5.76. The molecule has 2 heterocycles. The Morgan fingerprint density at radius 2 is 2.10 bits per heavy atom. The Labute approximate surface area is 123 Å². The Hall–Kier alpha value is -2.18. The lowest BCUT2D eigenvalue weighted by molar-refractivity contribution is -0.385. The molecule has 1 aromatic rings. The lowest BCUT2D eigenvalue weighted by atomic mass is 9.86. The number of nitro groups is 1. The fourth-order valence-electron chi connectivity index (χ4n) is 2.72. The van der Waals surface area contributed by atoms with Crippen LogP contribution in [0.5, 0.6) is 0 Å². The van der Waals surface area contributed by atoms with Gasteiger partial charge in [0.25, 0.3) is 11.6 Å². The van der Waals surface area contributed by atoms with Crippen molar-refractivity contribution in [1.82, 2.24) is 9.88 Å². The lowest BCUT2D eigenvalue weighted by Crippen LogP contribution is -2.39. The number of likely N-dealkylation sites (tertiary alicyclic amines) is 1. The normalized spacial score (nSPS) is 16.2. The van der Waals surface area contributed by atoms with Gasteiger partial charge in [-0.25, -0.2) is 4.98 Å². The first-order valence-electron chi connectivity index (χ1n) is 7.09. The zero-order chi connectivity index (χ0) is 15.6.